The Labute approximate surface area is 143 Å². The lowest BCUT2D eigenvalue weighted by Gasteiger charge is -2.39. The van der Waals surface area contributed by atoms with Crippen LogP contribution in [0.4, 0.5) is 13.6 Å². The van der Waals surface area contributed by atoms with Crippen LogP contribution in [0, 0.1) is 11.6 Å². The van der Waals surface area contributed by atoms with E-state index in [1.54, 1.807) is 0 Å². The van der Waals surface area contributed by atoms with Gasteiger partial charge in [0, 0.05) is 19.6 Å². The molecule has 0 saturated carbocycles. The van der Waals surface area contributed by atoms with Crippen molar-refractivity contribution in [3.8, 4) is 0 Å². The third-order valence-electron chi connectivity index (χ3n) is 3.56. The van der Waals surface area contributed by atoms with Crippen molar-refractivity contribution in [1.82, 2.24) is 9.80 Å². The third kappa shape index (κ3) is 3.41. The Kier molecular flexibility index (Phi) is 5.43. The van der Waals surface area contributed by atoms with Gasteiger partial charge in [0.15, 0.2) is 5.82 Å². The minimum absolute atomic E-state index is 0.00589. The van der Waals surface area contributed by atoms with E-state index in [0.717, 1.165) is 9.80 Å². The maximum Gasteiger partial charge on any atom is 0.407 e. The molecule has 1 atom stereocenters. The summed E-state index contributed by atoms with van der Waals surface area (Å²) in [5.74, 6) is -2.84. The van der Waals surface area contributed by atoms with Gasteiger partial charge in [-0.25, -0.2) is 13.6 Å². The van der Waals surface area contributed by atoms with Crippen LogP contribution in [-0.4, -0.2) is 64.3 Å². The standard InChI is InChI=1S/C13H12BrClF2N2O4/c14-9-8(16)3-7(11(17)10(9)15)12(21)19-2-1-18(13(22)23)4-6(19)5-20/h3,6,20H,1-2,4-5H2,(H,22,23)/t6-/m1/s1. The van der Waals surface area contributed by atoms with E-state index < -0.39 is 46.9 Å². The Morgan fingerprint density at radius 1 is 1.39 bits per heavy atom. The monoisotopic (exact) mass is 412 g/mol. The second kappa shape index (κ2) is 6.98. The highest BCUT2D eigenvalue weighted by molar-refractivity contribution is 9.10. The second-order valence-electron chi connectivity index (χ2n) is 4.91. The molecule has 1 fully saturated rings. The molecule has 2 rings (SSSR count). The Morgan fingerprint density at radius 2 is 2.04 bits per heavy atom. The van der Waals surface area contributed by atoms with E-state index in [0.29, 0.717) is 6.07 Å². The lowest BCUT2D eigenvalue weighted by molar-refractivity contribution is 0.0306. The smallest absolute Gasteiger partial charge is 0.407 e. The Balaban J connectivity index is 2.32. The second-order valence-corrected chi connectivity index (χ2v) is 6.08. The van der Waals surface area contributed by atoms with Crippen molar-refractivity contribution in [3.63, 3.8) is 0 Å². The molecule has 1 aliphatic rings. The molecule has 0 aromatic heterocycles. The van der Waals surface area contributed by atoms with Crippen molar-refractivity contribution < 1.29 is 28.6 Å². The van der Waals surface area contributed by atoms with Crippen LogP contribution in [0.5, 0.6) is 0 Å². The Bertz CT molecular complexity index is 661. The summed E-state index contributed by atoms with van der Waals surface area (Å²) in [5, 5.41) is 17.8. The van der Waals surface area contributed by atoms with Crippen molar-refractivity contribution in [2.45, 2.75) is 6.04 Å². The highest BCUT2D eigenvalue weighted by Gasteiger charge is 2.34. The molecule has 1 saturated heterocycles. The van der Waals surface area contributed by atoms with Gasteiger partial charge in [-0.2, -0.15) is 0 Å². The number of aliphatic hydroxyl groups excluding tert-OH is 1. The first-order valence-corrected chi connectivity index (χ1v) is 7.67. The molecule has 23 heavy (non-hydrogen) atoms. The van der Waals surface area contributed by atoms with E-state index in [4.69, 9.17) is 16.7 Å². The molecule has 0 spiro atoms. The first-order chi connectivity index (χ1) is 10.8. The number of carbonyl (C=O) groups is 2. The molecule has 2 N–H and O–H groups in total. The summed E-state index contributed by atoms with van der Waals surface area (Å²) in [5.41, 5.74) is -0.571. The first-order valence-electron chi connectivity index (χ1n) is 6.50. The average Bonchev–Trinajstić information content (AvgIpc) is 2.54. The molecular formula is C13H12BrClF2N2O4. The van der Waals surface area contributed by atoms with E-state index in [1.807, 2.05) is 0 Å². The van der Waals surface area contributed by atoms with Crippen molar-refractivity contribution in [2.75, 3.05) is 26.2 Å². The van der Waals surface area contributed by atoms with Crippen LogP contribution >= 0.6 is 27.5 Å². The number of benzene rings is 1. The molecule has 10 heteroatoms. The molecule has 1 aliphatic heterocycles. The third-order valence-corrected chi connectivity index (χ3v) is 4.92. The summed E-state index contributed by atoms with van der Waals surface area (Å²) in [7, 11) is 0. The molecular weight excluding hydrogens is 402 g/mol. The quantitative estimate of drug-likeness (QED) is 0.575. The number of piperazine rings is 1. The minimum Gasteiger partial charge on any atom is -0.465 e. The number of hydrogen-bond acceptors (Lipinski definition) is 3. The maximum absolute atomic E-state index is 14.1. The molecule has 6 nitrogen and oxygen atoms in total. The zero-order valence-electron chi connectivity index (χ0n) is 11.6. The topological polar surface area (TPSA) is 81.1 Å². The minimum atomic E-state index is -1.18. The molecule has 0 unspecified atom stereocenters. The first kappa shape index (κ1) is 17.9. The van der Waals surface area contributed by atoms with Gasteiger partial charge in [0.25, 0.3) is 5.91 Å². The van der Waals surface area contributed by atoms with Crippen LogP contribution in [0.1, 0.15) is 10.4 Å². The molecule has 126 valence electrons. The van der Waals surface area contributed by atoms with Gasteiger partial charge in [-0.3, -0.25) is 4.79 Å². The SMILES string of the molecule is O=C(O)N1CCN(C(=O)c2cc(F)c(Br)c(Cl)c2F)[C@@H](CO)C1. The van der Waals surface area contributed by atoms with Crippen LogP contribution in [0.3, 0.4) is 0 Å². The summed E-state index contributed by atoms with van der Waals surface area (Å²) in [4.78, 5) is 25.6. The molecule has 0 aliphatic carbocycles. The summed E-state index contributed by atoms with van der Waals surface area (Å²) >= 11 is 8.41. The van der Waals surface area contributed by atoms with Gasteiger partial charge in [-0.05, 0) is 22.0 Å². The summed E-state index contributed by atoms with van der Waals surface area (Å²) in [6, 6.07) is -0.136. The fourth-order valence-corrected chi connectivity index (χ4v) is 2.82. The van der Waals surface area contributed by atoms with Crippen LogP contribution in [0.25, 0.3) is 0 Å². The number of carbonyl (C=O) groups excluding carboxylic acids is 1. The molecule has 2 amide bonds. The number of rotatable bonds is 2. The number of hydrogen-bond donors (Lipinski definition) is 2. The molecule has 0 bridgehead atoms. The maximum atomic E-state index is 14.1. The van der Waals surface area contributed by atoms with Gasteiger partial charge in [0.05, 0.1) is 27.7 Å². The average molecular weight is 414 g/mol. The highest BCUT2D eigenvalue weighted by atomic mass is 79.9. The van der Waals surface area contributed by atoms with Crippen molar-refractivity contribution >= 4 is 39.5 Å². The number of nitrogens with zero attached hydrogens (tertiary/aromatic N) is 2. The van der Waals surface area contributed by atoms with Gasteiger partial charge < -0.3 is 20.0 Å². The Morgan fingerprint density at radius 3 is 2.61 bits per heavy atom. The van der Waals surface area contributed by atoms with Crippen LogP contribution in [0.2, 0.25) is 5.02 Å². The predicted octanol–water partition coefficient (Wildman–Crippen LogP) is 2.18. The normalized spacial score (nSPS) is 18.2. The zero-order chi connectivity index (χ0) is 17.3. The summed E-state index contributed by atoms with van der Waals surface area (Å²) in [6.45, 7) is -0.674. The predicted molar refractivity (Wildman–Crippen MR) is 80.6 cm³/mol. The van der Waals surface area contributed by atoms with Gasteiger partial charge in [-0.15, -0.1) is 0 Å². The molecule has 1 aromatic rings. The summed E-state index contributed by atoms with van der Waals surface area (Å²) < 4.78 is 27.5. The fourth-order valence-electron chi connectivity index (χ4n) is 2.34. The summed E-state index contributed by atoms with van der Waals surface area (Å²) in [6.07, 6.45) is -1.18. The van der Waals surface area contributed by atoms with Gasteiger partial charge >= 0.3 is 6.09 Å². The van der Waals surface area contributed by atoms with Crippen LogP contribution in [0.15, 0.2) is 10.5 Å². The molecule has 0 radical (unpaired) electrons. The number of halogens is 4. The van der Waals surface area contributed by atoms with Crippen molar-refractivity contribution in [3.05, 3.63) is 32.8 Å². The number of carboxylic acid groups (broad SMARTS) is 1. The van der Waals surface area contributed by atoms with Crippen LogP contribution < -0.4 is 0 Å². The lowest BCUT2D eigenvalue weighted by atomic mass is 10.1. The van der Waals surface area contributed by atoms with Crippen molar-refractivity contribution in [2.24, 2.45) is 0 Å². The van der Waals surface area contributed by atoms with Crippen LogP contribution in [-0.2, 0) is 0 Å². The van der Waals surface area contributed by atoms with E-state index in [-0.39, 0.29) is 24.1 Å². The number of aliphatic hydroxyl groups is 1. The molecule has 1 aromatic carbocycles. The molecule has 1 heterocycles. The highest BCUT2D eigenvalue weighted by Crippen LogP contribution is 2.31. The van der Waals surface area contributed by atoms with Crippen molar-refractivity contribution in [1.29, 1.82) is 0 Å². The fraction of sp³-hybridized carbons (Fsp3) is 0.385. The number of amides is 2. The van der Waals surface area contributed by atoms with E-state index in [1.165, 1.54) is 0 Å². The van der Waals surface area contributed by atoms with E-state index in [9.17, 15) is 23.5 Å². The largest absolute Gasteiger partial charge is 0.465 e. The Hall–Kier alpha value is -1.45. The zero-order valence-corrected chi connectivity index (χ0v) is 13.9. The van der Waals surface area contributed by atoms with Gasteiger partial charge in [0.2, 0.25) is 0 Å². The van der Waals surface area contributed by atoms with E-state index in [2.05, 4.69) is 15.9 Å². The van der Waals surface area contributed by atoms with Gasteiger partial charge in [0.1, 0.15) is 5.82 Å². The van der Waals surface area contributed by atoms with E-state index >= 15 is 0 Å². The van der Waals surface area contributed by atoms with Gasteiger partial charge in [-0.1, -0.05) is 11.6 Å². The lowest BCUT2D eigenvalue weighted by Crippen LogP contribution is -2.57.